The standard InChI is InChI=1S/C18H23N7O2/c1-19-6-3-4-16(26)25-10-13(11-25)23-15-8-12(9-22-17(15)27)14-5-7-21-18(20-2)24-14/h3-5,7-9,13,19,23H,6,10-11H2,1-2H3,(H,22,27)(H,20,21,24). The minimum Gasteiger partial charge on any atom is -0.374 e. The van der Waals surface area contributed by atoms with Crippen LogP contribution in [0.5, 0.6) is 0 Å². The zero-order chi connectivity index (χ0) is 19.2. The monoisotopic (exact) mass is 369 g/mol. The van der Waals surface area contributed by atoms with Crippen LogP contribution in [0.15, 0.2) is 41.5 Å². The van der Waals surface area contributed by atoms with Crippen molar-refractivity contribution < 1.29 is 4.79 Å². The van der Waals surface area contributed by atoms with Gasteiger partial charge in [-0.25, -0.2) is 9.97 Å². The zero-order valence-corrected chi connectivity index (χ0v) is 15.3. The normalized spacial score (nSPS) is 14.2. The maximum Gasteiger partial charge on any atom is 0.271 e. The third kappa shape index (κ3) is 4.50. The highest BCUT2D eigenvalue weighted by molar-refractivity contribution is 5.88. The summed E-state index contributed by atoms with van der Waals surface area (Å²) in [7, 11) is 3.57. The summed E-state index contributed by atoms with van der Waals surface area (Å²) >= 11 is 0. The summed E-state index contributed by atoms with van der Waals surface area (Å²) in [6, 6.07) is 3.58. The second-order valence-electron chi connectivity index (χ2n) is 6.19. The molecule has 3 rings (SSSR count). The Bertz CT molecular complexity index is 887. The van der Waals surface area contributed by atoms with Crippen molar-refractivity contribution in [1.29, 1.82) is 0 Å². The molecule has 0 bridgehead atoms. The Labute approximate surface area is 156 Å². The van der Waals surface area contributed by atoms with Crippen LogP contribution in [-0.2, 0) is 4.79 Å². The maximum absolute atomic E-state index is 12.1. The number of anilines is 2. The lowest BCUT2D eigenvalue weighted by atomic mass is 10.1. The van der Waals surface area contributed by atoms with Crippen LogP contribution in [0.4, 0.5) is 11.6 Å². The molecule has 1 amide bonds. The van der Waals surface area contributed by atoms with Crippen molar-refractivity contribution in [3.05, 3.63) is 47.0 Å². The maximum atomic E-state index is 12.1. The molecule has 9 nitrogen and oxygen atoms in total. The Hall–Kier alpha value is -3.20. The molecule has 0 unspecified atom stereocenters. The van der Waals surface area contributed by atoms with Gasteiger partial charge in [-0.3, -0.25) is 9.59 Å². The molecule has 2 aromatic rings. The van der Waals surface area contributed by atoms with Crippen LogP contribution < -0.4 is 21.5 Å². The molecule has 4 N–H and O–H groups in total. The first kappa shape index (κ1) is 18.6. The van der Waals surface area contributed by atoms with E-state index in [4.69, 9.17) is 0 Å². The van der Waals surface area contributed by atoms with Gasteiger partial charge in [0.05, 0.1) is 11.7 Å². The Balaban J connectivity index is 1.65. The van der Waals surface area contributed by atoms with Crippen LogP contribution in [0.3, 0.4) is 0 Å². The molecule has 1 fully saturated rings. The predicted octanol–water partition coefficient (Wildman–Crippen LogP) is 0.272. The summed E-state index contributed by atoms with van der Waals surface area (Å²) in [4.78, 5) is 37.0. The second kappa shape index (κ2) is 8.45. The lowest BCUT2D eigenvalue weighted by molar-refractivity contribution is -0.129. The lowest BCUT2D eigenvalue weighted by Gasteiger charge is -2.39. The van der Waals surface area contributed by atoms with Crippen molar-refractivity contribution in [1.82, 2.24) is 25.2 Å². The molecule has 27 heavy (non-hydrogen) atoms. The average molecular weight is 369 g/mol. The molecule has 0 radical (unpaired) electrons. The number of H-pyrrole nitrogens is 1. The number of rotatable bonds is 7. The third-order valence-corrected chi connectivity index (χ3v) is 4.21. The molecule has 1 aliphatic heterocycles. The van der Waals surface area contributed by atoms with Gasteiger partial charge in [0.1, 0.15) is 5.69 Å². The molecule has 0 aromatic carbocycles. The number of aromatic amines is 1. The van der Waals surface area contributed by atoms with Crippen LogP contribution >= 0.6 is 0 Å². The molecule has 0 aliphatic carbocycles. The van der Waals surface area contributed by atoms with Crippen LogP contribution in [0.1, 0.15) is 0 Å². The molecule has 0 atom stereocenters. The summed E-state index contributed by atoms with van der Waals surface area (Å²) in [5.41, 5.74) is 1.73. The Morgan fingerprint density at radius 2 is 2.22 bits per heavy atom. The first-order valence-electron chi connectivity index (χ1n) is 8.71. The van der Waals surface area contributed by atoms with Crippen molar-refractivity contribution in [2.24, 2.45) is 0 Å². The van der Waals surface area contributed by atoms with Crippen LogP contribution in [0.25, 0.3) is 11.3 Å². The fraction of sp³-hybridized carbons (Fsp3) is 0.333. The first-order chi connectivity index (χ1) is 13.1. The molecule has 0 saturated carbocycles. The molecule has 9 heteroatoms. The fourth-order valence-corrected chi connectivity index (χ4v) is 2.73. The highest BCUT2D eigenvalue weighted by Crippen LogP contribution is 2.20. The van der Waals surface area contributed by atoms with E-state index >= 15 is 0 Å². The number of hydrogen-bond acceptors (Lipinski definition) is 7. The van der Waals surface area contributed by atoms with Crippen molar-refractivity contribution in [3.63, 3.8) is 0 Å². The highest BCUT2D eigenvalue weighted by Gasteiger charge is 2.29. The lowest BCUT2D eigenvalue weighted by Crippen LogP contribution is -2.57. The van der Waals surface area contributed by atoms with E-state index in [1.54, 1.807) is 48.6 Å². The molecular formula is C18H23N7O2. The largest absolute Gasteiger partial charge is 0.374 e. The fourth-order valence-electron chi connectivity index (χ4n) is 2.73. The van der Waals surface area contributed by atoms with E-state index in [1.165, 1.54) is 0 Å². The molecule has 1 aliphatic rings. The van der Waals surface area contributed by atoms with Gasteiger partial charge in [0.2, 0.25) is 11.9 Å². The number of likely N-dealkylation sites (tertiary alicyclic amines) is 1. The van der Waals surface area contributed by atoms with Gasteiger partial charge in [0.15, 0.2) is 0 Å². The van der Waals surface area contributed by atoms with E-state index in [0.717, 1.165) is 5.56 Å². The van der Waals surface area contributed by atoms with Crippen molar-refractivity contribution in [2.45, 2.75) is 6.04 Å². The molecule has 2 aromatic heterocycles. The molecule has 0 spiro atoms. The van der Waals surface area contributed by atoms with Crippen molar-refractivity contribution in [3.8, 4) is 11.3 Å². The molecule has 142 valence electrons. The van der Waals surface area contributed by atoms with Crippen LogP contribution in [-0.4, -0.2) is 65.5 Å². The van der Waals surface area contributed by atoms with E-state index in [1.807, 2.05) is 7.05 Å². The molecule has 3 heterocycles. The number of pyridine rings is 1. The first-order valence-corrected chi connectivity index (χ1v) is 8.71. The van der Waals surface area contributed by atoms with E-state index < -0.39 is 0 Å². The van der Waals surface area contributed by atoms with Gasteiger partial charge in [-0.05, 0) is 19.2 Å². The summed E-state index contributed by atoms with van der Waals surface area (Å²) in [6.45, 7) is 1.77. The number of amides is 1. The number of nitrogens with zero attached hydrogens (tertiary/aromatic N) is 3. The highest BCUT2D eigenvalue weighted by atomic mass is 16.2. The van der Waals surface area contributed by atoms with Gasteiger partial charge in [0, 0.05) is 50.7 Å². The van der Waals surface area contributed by atoms with E-state index in [-0.39, 0.29) is 17.5 Å². The second-order valence-corrected chi connectivity index (χ2v) is 6.19. The average Bonchev–Trinajstić information content (AvgIpc) is 2.65. The molecular weight excluding hydrogens is 346 g/mol. The summed E-state index contributed by atoms with van der Waals surface area (Å²) in [5, 5.41) is 9.05. The quantitative estimate of drug-likeness (QED) is 0.518. The number of carbonyl (C=O) groups excluding carboxylic acids is 1. The minimum atomic E-state index is -0.208. The number of aromatic nitrogens is 3. The Morgan fingerprint density at radius 3 is 2.96 bits per heavy atom. The zero-order valence-electron chi connectivity index (χ0n) is 15.3. The van der Waals surface area contributed by atoms with Crippen molar-refractivity contribution in [2.75, 3.05) is 44.4 Å². The van der Waals surface area contributed by atoms with Crippen LogP contribution in [0, 0.1) is 0 Å². The number of hydrogen-bond donors (Lipinski definition) is 4. The smallest absolute Gasteiger partial charge is 0.271 e. The molecule has 1 saturated heterocycles. The number of carbonyl (C=O) groups is 1. The summed E-state index contributed by atoms with van der Waals surface area (Å²) in [6.07, 6.45) is 6.63. The Morgan fingerprint density at radius 1 is 1.41 bits per heavy atom. The minimum absolute atomic E-state index is 0.0217. The SMILES string of the molecule is CNCC=CC(=O)N1CC(Nc2cc(-c3ccnc(NC)n3)c[nH]c2=O)C1. The van der Waals surface area contributed by atoms with Gasteiger partial charge in [-0.2, -0.15) is 0 Å². The Kier molecular flexibility index (Phi) is 5.82. The van der Waals surface area contributed by atoms with Gasteiger partial charge in [-0.1, -0.05) is 6.08 Å². The van der Waals surface area contributed by atoms with Crippen molar-refractivity contribution >= 4 is 17.5 Å². The number of likely N-dealkylation sites (N-methyl/N-ethyl adjacent to an activating group) is 1. The summed E-state index contributed by atoms with van der Waals surface area (Å²) < 4.78 is 0. The van der Waals surface area contributed by atoms with Gasteiger partial charge in [-0.15, -0.1) is 0 Å². The van der Waals surface area contributed by atoms with E-state index in [0.29, 0.717) is 37.0 Å². The van der Waals surface area contributed by atoms with Gasteiger partial charge in [0.25, 0.3) is 5.56 Å². The van der Waals surface area contributed by atoms with Gasteiger partial charge >= 0.3 is 0 Å². The topological polar surface area (TPSA) is 115 Å². The predicted molar refractivity (Wildman–Crippen MR) is 105 cm³/mol. The van der Waals surface area contributed by atoms with Gasteiger partial charge < -0.3 is 25.8 Å². The van der Waals surface area contributed by atoms with E-state index in [9.17, 15) is 9.59 Å². The number of nitrogens with one attached hydrogen (secondary N) is 4. The van der Waals surface area contributed by atoms with Crippen LogP contribution in [0.2, 0.25) is 0 Å². The third-order valence-electron chi connectivity index (χ3n) is 4.21. The summed E-state index contributed by atoms with van der Waals surface area (Å²) in [5.74, 6) is 0.485. The van der Waals surface area contributed by atoms with E-state index in [2.05, 4.69) is 30.9 Å².